The van der Waals surface area contributed by atoms with Crippen LogP contribution in [-0.4, -0.2) is 31.0 Å². The summed E-state index contributed by atoms with van der Waals surface area (Å²) in [6.45, 7) is 3.65. The topological polar surface area (TPSA) is 99.0 Å². The summed E-state index contributed by atoms with van der Waals surface area (Å²) in [5.74, 6) is 1.19. The van der Waals surface area contributed by atoms with E-state index in [9.17, 15) is 18.5 Å². The third-order valence-corrected chi connectivity index (χ3v) is 6.28. The molecule has 0 unspecified atom stereocenters. The van der Waals surface area contributed by atoms with Gasteiger partial charge < -0.3 is 9.47 Å². The minimum atomic E-state index is -3.89. The Kier molecular flexibility index (Phi) is 4.84. The van der Waals surface area contributed by atoms with Gasteiger partial charge in [-0.05, 0) is 30.7 Å². The van der Waals surface area contributed by atoms with Crippen LogP contribution in [0.2, 0.25) is 0 Å². The molecule has 2 aromatic carbocycles. The molecule has 0 saturated heterocycles. The van der Waals surface area contributed by atoms with Gasteiger partial charge >= 0.3 is 0 Å². The molecule has 0 aromatic heterocycles. The van der Waals surface area contributed by atoms with Gasteiger partial charge in [0.05, 0.1) is 9.82 Å². The molecular formula is C17H18N2O6S. The van der Waals surface area contributed by atoms with Crippen LogP contribution in [0.4, 0.5) is 5.69 Å². The second-order valence-corrected chi connectivity index (χ2v) is 7.68. The summed E-state index contributed by atoms with van der Waals surface area (Å²) in [7, 11) is -3.89. The first-order valence-electron chi connectivity index (χ1n) is 7.97. The zero-order valence-corrected chi connectivity index (χ0v) is 15.2. The summed E-state index contributed by atoms with van der Waals surface area (Å²) in [6, 6.07) is 9.30. The lowest BCUT2D eigenvalue weighted by Crippen LogP contribution is -2.31. The number of nitro benzene ring substituents is 1. The monoisotopic (exact) mass is 378 g/mol. The standard InChI is InChI=1S/C17H18N2O6S/c1-3-18(10-13-7-8-15-16(9-13)25-11-24-15)26(22,23)17-6-4-5-14(12(17)2)19(20)21/h4-9H,3,10-11H2,1-2H3. The molecule has 0 radical (unpaired) electrons. The van der Waals surface area contributed by atoms with Crippen LogP contribution >= 0.6 is 0 Å². The van der Waals surface area contributed by atoms with Crippen molar-refractivity contribution in [3.63, 3.8) is 0 Å². The molecule has 1 aliphatic heterocycles. The average molecular weight is 378 g/mol. The molecule has 0 saturated carbocycles. The molecule has 138 valence electrons. The molecule has 0 spiro atoms. The maximum absolute atomic E-state index is 13.0. The maximum atomic E-state index is 13.0. The van der Waals surface area contributed by atoms with Crippen molar-refractivity contribution in [3.05, 3.63) is 57.6 Å². The Hall–Kier alpha value is -2.65. The predicted octanol–water partition coefficient (Wildman–Crippen LogP) is 2.84. The number of hydrogen-bond acceptors (Lipinski definition) is 6. The van der Waals surface area contributed by atoms with Gasteiger partial charge in [0.1, 0.15) is 0 Å². The number of nitro groups is 1. The minimum Gasteiger partial charge on any atom is -0.454 e. The fraction of sp³-hybridized carbons (Fsp3) is 0.294. The zero-order chi connectivity index (χ0) is 18.9. The van der Waals surface area contributed by atoms with Crippen molar-refractivity contribution < 1.29 is 22.8 Å². The van der Waals surface area contributed by atoms with Crippen LogP contribution in [0.5, 0.6) is 11.5 Å². The normalized spacial score (nSPS) is 13.2. The van der Waals surface area contributed by atoms with Gasteiger partial charge in [-0.25, -0.2) is 8.42 Å². The van der Waals surface area contributed by atoms with Crippen molar-refractivity contribution in [2.45, 2.75) is 25.3 Å². The Morgan fingerprint density at radius 2 is 1.92 bits per heavy atom. The Morgan fingerprint density at radius 1 is 1.19 bits per heavy atom. The molecule has 0 atom stereocenters. The van der Waals surface area contributed by atoms with Crippen molar-refractivity contribution in [2.24, 2.45) is 0 Å². The summed E-state index contributed by atoms with van der Waals surface area (Å²) in [4.78, 5) is 10.5. The number of nitrogens with zero attached hydrogens (tertiary/aromatic N) is 2. The van der Waals surface area contributed by atoms with Gasteiger partial charge in [-0.2, -0.15) is 4.31 Å². The molecule has 8 nitrogen and oxygen atoms in total. The van der Waals surface area contributed by atoms with Crippen LogP contribution in [0.15, 0.2) is 41.3 Å². The number of sulfonamides is 1. The minimum absolute atomic E-state index is 0.0608. The summed E-state index contributed by atoms with van der Waals surface area (Å²) in [5.41, 5.74) is 0.648. The Balaban J connectivity index is 1.94. The highest BCUT2D eigenvalue weighted by atomic mass is 32.2. The maximum Gasteiger partial charge on any atom is 0.273 e. The second kappa shape index (κ2) is 6.93. The average Bonchev–Trinajstić information content (AvgIpc) is 3.06. The van der Waals surface area contributed by atoms with Crippen LogP contribution in [0.25, 0.3) is 0 Å². The lowest BCUT2D eigenvalue weighted by molar-refractivity contribution is -0.385. The summed E-state index contributed by atoms with van der Waals surface area (Å²) in [5, 5.41) is 11.1. The molecule has 26 heavy (non-hydrogen) atoms. The van der Waals surface area contributed by atoms with Gasteiger partial charge in [0.2, 0.25) is 16.8 Å². The van der Waals surface area contributed by atoms with E-state index in [1.165, 1.54) is 29.4 Å². The highest BCUT2D eigenvalue weighted by Gasteiger charge is 2.28. The smallest absolute Gasteiger partial charge is 0.273 e. The van der Waals surface area contributed by atoms with Crippen molar-refractivity contribution in [1.82, 2.24) is 4.31 Å². The van der Waals surface area contributed by atoms with Crippen molar-refractivity contribution >= 4 is 15.7 Å². The Morgan fingerprint density at radius 3 is 2.62 bits per heavy atom. The fourth-order valence-electron chi connectivity index (χ4n) is 2.83. The van der Waals surface area contributed by atoms with E-state index in [-0.39, 0.29) is 36.0 Å². The third kappa shape index (κ3) is 3.23. The molecule has 3 rings (SSSR count). The Labute approximate surface area is 151 Å². The summed E-state index contributed by atoms with van der Waals surface area (Å²) >= 11 is 0. The van der Waals surface area contributed by atoms with Gasteiger partial charge in [-0.1, -0.05) is 19.1 Å². The van der Waals surface area contributed by atoms with Crippen LogP contribution < -0.4 is 9.47 Å². The van der Waals surface area contributed by atoms with Gasteiger partial charge in [0.15, 0.2) is 11.5 Å². The lowest BCUT2D eigenvalue weighted by Gasteiger charge is -2.21. The SMILES string of the molecule is CCN(Cc1ccc2c(c1)OCO2)S(=O)(=O)c1cccc([N+](=O)[O-])c1C. The van der Waals surface area contributed by atoms with Crippen LogP contribution in [-0.2, 0) is 16.6 Å². The highest BCUT2D eigenvalue weighted by Crippen LogP contribution is 2.34. The van der Waals surface area contributed by atoms with E-state index in [1.54, 1.807) is 25.1 Å². The molecule has 0 fully saturated rings. The molecule has 0 N–H and O–H groups in total. The third-order valence-electron chi connectivity index (χ3n) is 4.22. The van der Waals surface area contributed by atoms with E-state index in [1.807, 2.05) is 0 Å². The lowest BCUT2D eigenvalue weighted by atomic mass is 10.2. The van der Waals surface area contributed by atoms with E-state index in [0.717, 1.165) is 5.56 Å². The van der Waals surface area contributed by atoms with Crippen molar-refractivity contribution in [1.29, 1.82) is 0 Å². The van der Waals surface area contributed by atoms with Gasteiger partial charge in [-0.15, -0.1) is 0 Å². The van der Waals surface area contributed by atoms with E-state index >= 15 is 0 Å². The number of benzene rings is 2. The Bertz CT molecular complexity index is 958. The van der Waals surface area contributed by atoms with E-state index in [2.05, 4.69) is 0 Å². The highest BCUT2D eigenvalue weighted by molar-refractivity contribution is 7.89. The summed E-state index contributed by atoms with van der Waals surface area (Å²) < 4.78 is 37.9. The van der Waals surface area contributed by atoms with E-state index < -0.39 is 14.9 Å². The second-order valence-electron chi connectivity index (χ2n) is 5.78. The van der Waals surface area contributed by atoms with Crippen LogP contribution in [0.1, 0.15) is 18.1 Å². The fourth-order valence-corrected chi connectivity index (χ4v) is 4.51. The molecule has 0 bridgehead atoms. The number of fused-ring (bicyclic) bond motifs is 1. The quantitative estimate of drug-likeness (QED) is 0.566. The first-order chi connectivity index (χ1) is 12.3. The molecule has 1 heterocycles. The van der Waals surface area contributed by atoms with Gasteiger partial charge in [0.25, 0.3) is 5.69 Å². The molecule has 9 heteroatoms. The van der Waals surface area contributed by atoms with Crippen LogP contribution in [0, 0.1) is 17.0 Å². The first-order valence-corrected chi connectivity index (χ1v) is 9.41. The molecule has 0 aliphatic carbocycles. The van der Waals surface area contributed by atoms with Crippen LogP contribution in [0.3, 0.4) is 0 Å². The van der Waals surface area contributed by atoms with Gasteiger partial charge in [-0.3, -0.25) is 10.1 Å². The van der Waals surface area contributed by atoms with E-state index in [4.69, 9.17) is 9.47 Å². The molecule has 2 aromatic rings. The number of rotatable bonds is 6. The molecular weight excluding hydrogens is 360 g/mol. The summed E-state index contributed by atoms with van der Waals surface area (Å²) in [6.07, 6.45) is 0. The molecule has 1 aliphatic rings. The number of hydrogen-bond donors (Lipinski definition) is 0. The van der Waals surface area contributed by atoms with Gasteiger partial charge in [0, 0.05) is 24.7 Å². The predicted molar refractivity (Wildman–Crippen MR) is 93.7 cm³/mol. The zero-order valence-electron chi connectivity index (χ0n) is 14.3. The number of ether oxygens (including phenoxy) is 2. The van der Waals surface area contributed by atoms with Crippen molar-refractivity contribution in [3.8, 4) is 11.5 Å². The van der Waals surface area contributed by atoms with E-state index in [0.29, 0.717) is 11.5 Å². The largest absolute Gasteiger partial charge is 0.454 e. The van der Waals surface area contributed by atoms with Crippen molar-refractivity contribution in [2.75, 3.05) is 13.3 Å². The molecule has 0 amide bonds. The first kappa shape index (κ1) is 18.2.